The van der Waals surface area contributed by atoms with Gasteiger partial charge in [0.1, 0.15) is 0 Å². The van der Waals surface area contributed by atoms with Crippen LogP contribution in [0.3, 0.4) is 0 Å². The van der Waals surface area contributed by atoms with Crippen molar-refractivity contribution in [2.45, 2.75) is 67.2 Å². The van der Waals surface area contributed by atoms with Crippen molar-refractivity contribution in [3.05, 3.63) is 0 Å². The summed E-state index contributed by atoms with van der Waals surface area (Å²) in [5.41, 5.74) is 0.515. The van der Waals surface area contributed by atoms with Crippen LogP contribution in [0.4, 0.5) is 0 Å². The zero-order chi connectivity index (χ0) is 11.6. The molecule has 0 aliphatic heterocycles. The quantitative estimate of drug-likeness (QED) is 0.592. The Balaban J connectivity index is 2.67. The zero-order valence-corrected chi connectivity index (χ0v) is 11.6. The Kier molecular flexibility index (Phi) is 4.26. The van der Waals surface area contributed by atoms with Crippen LogP contribution < -0.4 is 0 Å². The van der Waals surface area contributed by atoms with Gasteiger partial charge in [0.2, 0.25) is 0 Å². The summed E-state index contributed by atoms with van der Waals surface area (Å²) in [5, 5.41) is 0. The van der Waals surface area contributed by atoms with Crippen molar-refractivity contribution >= 4 is 0 Å². The van der Waals surface area contributed by atoms with E-state index in [0.29, 0.717) is 5.41 Å². The highest BCUT2D eigenvalue weighted by Gasteiger charge is 2.35. The van der Waals surface area contributed by atoms with Crippen molar-refractivity contribution in [1.29, 1.82) is 0 Å². The van der Waals surface area contributed by atoms with E-state index in [1.54, 1.807) is 0 Å². The fraction of sp³-hybridized carbons (Fsp3) is 1.00. The van der Waals surface area contributed by atoms with Gasteiger partial charge in [-0.25, -0.2) is 0 Å². The van der Waals surface area contributed by atoms with E-state index in [4.69, 9.17) is 0 Å². The van der Waals surface area contributed by atoms with Gasteiger partial charge in [-0.2, -0.15) is 0 Å². The van der Waals surface area contributed by atoms with Crippen molar-refractivity contribution in [2.75, 3.05) is 0 Å². The van der Waals surface area contributed by atoms with Crippen molar-refractivity contribution < 1.29 is 0 Å². The van der Waals surface area contributed by atoms with E-state index in [0.717, 1.165) is 23.7 Å². The van der Waals surface area contributed by atoms with Gasteiger partial charge in [-0.05, 0) is 48.3 Å². The monoisotopic (exact) mass is 210 g/mol. The summed E-state index contributed by atoms with van der Waals surface area (Å²) in [6.45, 7) is 14.4. The van der Waals surface area contributed by atoms with Gasteiger partial charge in [0.25, 0.3) is 0 Å². The first-order chi connectivity index (χ1) is 6.84. The molecule has 90 valence electrons. The van der Waals surface area contributed by atoms with E-state index in [1.807, 2.05) is 0 Å². The maximum absolute atomic E-state index is 2.42. The standard InChI is InChI=1S/C15H30/c1-7-12-8-13(11(2)3)10-14(9-12)15(4,5)6/h11-14H,7-10H2,1-6H3/t12?,13?,14-/m1/s1. The molecule has 0 amide bonds. The summed E-state index contributed by atoms with van der Waals surface area (Å²) in [5.74, 6) is 3.80. The summed E-state index contributed by atoms with van der Waals surface area (Å²) in [6, 6.07) is 0. The van der Waals surface area contributed by atoms with Crippen LogP contribution in [0.15, 0.2) is 0 Å². The molecular formula is C15H30. The predicted octanol–water partition coefficient (Wildman–Crippen LogP) is 5.13. The van der Waals surface area contributed by atoms with Crippen LogP contribution in [0, 0.1) is 29.1 Å². The summed E-state index contributed by atoms with van der Waals surface area (Å²) < 4.78 is 0. The Bertz CT molecular complexity index is 185. The lowest BCUT2D eigenvalue weighted by molar-refractivity contribution is 0.0801. The molecule has 0 heterocycles. The maximum atomic E-state index is 2.42. The van der Waals surface area contributed by atoms with E-state index in [1.165, 1.54) is 25.7 Å². The molecule has 0 N–H and O–H groups in total. The topological polar surface area (TPSA) is 0 Å². The number of hydrogen-bond donors (Lipinski definition) is 0. The molecule has 1 fully saturated rings. The highest BCUT2D eigenvalue weighted by Crippen LogP contribution is 2.45. The van der Waals surface area contributed by atoms with Crippen LogP contribution in [-0.2, 0) is 0 Å². The molecule has 0 aromatic heterocycles. The Morgan fingerprint density at radius 2 is 1.67 bits per heavy atom. The van der Waals surface area contributed by atoms with E-state index >= 15 is 0 Å². The molecule has 1 saturated carbocycles. The minimum atomic E-state index is 0.515. The van der Waals surface area contributed by atoms with Gasteiger partial charge in [-0.3, -0.25) is 0 Å². The molecule has 1 aliphatic rings. The highest BCUT2D eigenvalue weighted by atomic mass is 14.4. The lowest BCUT2D eigenvalue weighted by atomic mass is 9.63. The van der Waals surface area contributed by atoms with Crippen molar-refractivity contribution in [3.8, 4) is 0 Å². The molecule has 1 aliphatic carbocycles. The second-order valence-electron chi connectivity index (χ2n) is 7.05. The lowest BCUT2D eigenvalue weighted by Gasteiger charge is -2.42. The number of rotatable bonds is 2. The van der Waals surface area contributed by atoms with E-state index in [9.17, 15) is 0 Å². The first-order valence-electron chi connectivity index (χ1n) is 6.84. The zero-order valence-electron chi connectivity index (χ0n) is 11.6. The van der Waals surface area contributed by atoms with Gasteiger partial charge in [0.05, 0.1) is 0 Å². The van der Waals surface area contributed by atoms with Crippen molar-refractivity contribution in [2.24, 2.45) is 29.1 Å². The van der Waals surface area contributed by atoms with E-state index < -0.39 is 0 Å². The van der Waals surface area contributed by atoms with Crippen molar-refractivity contribution in [3.63, 3.8) is 0 Å². The van der Waals surface area contributed by atoms with Crippen LogP contribution in [0.2, 0.25) is 0 Å². The Morgan fingerprint density at radius 3 is 2.07 bits per heavy atom. The minimum absolute atomic E-state index is 0.515. The van der Waals surface area contributed by atoms with Crippen LogP contribution in [0.1, 0.15) is 67.2 Å². The fourth-order valence-corrected chi connectivity index (χ4v) is 3.07. The largest absolute Gasteiger partial charge is 0.0651 e. The smallest absolute Gasteiger partial charge is 0.0354 e. The van der Waals surface area contributed by atoms with Crippen LogP contribution in [0.5, 0.6) is 0 Å². The first kappa shape index (κ1) is 13.1. The van der Waals surface area contributed by atoms with Crippen molar-refractivity contribution in [1.82, 2.24) is 0 Å². The Labute approximate surface area is 96.8 Å². The van der Waals surface area contributed by atoms with Gasteiger partial charge in [-0.15, -0.1) is 0 Å². The molecule has 0 heteroatoms. The minimum Gasteiger partial charge on any atom is -0.0651 e. The second-order valence-corrected chi connectivity index (χ2v) is 7.05. The molecule has 0 aromatic carbocycles. The second kappa shape index (κ2) is 4.89. The molecular weight excluding hydrogens is 180 g/mol. The average molecular weight is 210 g/mol. The summed E-state index contributed by atoms with van der Waals surface area (Å²) in [7, 11) is 0. The third kappa shape index (κ3) is 3.50. The highest BCUT2D eigenvalue weighted by molar-refractivity contribution is 4.85. The van der Waals surface area contributed by atoms with Crippen LogP contribution >= 0.6 is 0 Å². The first-order valence-corrected chi connectivity index (χ1v) is 6.84. The SMILES string of the molecule is CCC1CC(C(C)C)C[C@H](C(C)(C)C)C1. The summed E-state index contributed by atoms with van der Waals surface area (Å²) in [6.07, 6.45) is 5.82. The lowest BCUT2D eigenvalue weighted by Crippen LogP contribution is -2.32. The molecule has 15 heavy (non-hydrogen) atoms. The Morgan fingerprint density at radius 1 is 1.07 bits per heavy atom. The molecule has 0 saturated heterocycles. The third-order valence-electron chi connectivity index (χ3n) is 4.59. The maximum Gasteiger partial charge on any atom is -0.0354 e. The van der Waals surface area contributed by atoms with Gasteiger partial charge in [0, 0.05) is 0 Å². The molecule has 0 aromatic rings. The van der Waals surface area contributed by atoms with Gasteiger partial charge in [0.15, 0.2) is 0 Å². The van der Waals surface area contributed by atoms with Crippen LogP contribution in [-0.4, -0.2) is 0 Å². The van der Waals surface area contributed by atoms with Gasteiger partial charge >= 0.3 is 0 Å². The molecule has 0 spiro atoms. The molecule has 0 nitrogen and oxygen atoms in total. The van der Waals surface area contributed by atoms with Crippen LogP contribution in [0.25, 0.3) is 0 Å². The van der Waals surface area contributed by atoms with E-state index in [2.05, 4.69) is 41.5 Å². The molecule has 3 atom stereocenters. The molecule has 0 bridgehead atoms. The number of hydrogen-bond acceptors (Lipinski definition) is 0. The normalized spacial score (nSPS) is 33.4. The Hall–Kier alpha value is 0. The summed E-state index contributed by atoms with van der Waals surface area (Å²) >= 11 is 0. The molecule has 2 unspecified atom stereocenters. The van der Waals surface area contributed by atoms with Gasteiger partial charge in [-0.1, -0.05) is 48.0 Å². The summed E-state index contributed by atoms with van der Waals surface area (Å²) in [4.78, 5) is 0. The fourth-order valence-electron chi connectivity index (χ4n) is 3.07. The van der Waals surface area contributed by atoms with E-state index in [-0.39, 0.29) is 0 Å². The average Bonchev–Trinajstić information content (AvgIpc) is 2.15. The molecule has 1 rings (SSSR count). The predicted molar refractivity (Wildman–Crippen MR) is 68.9 cm³/mol. The molecule has 0 radical (unpaired) electrons. The van der Waals surface area contributed by atoms with Gasteiger partial charge < -0.3 is 0 Å². The third-order valence-corrected chi connectivity index (χ3v) is 4.59.